The predicted molar refractivity (Wildman–Crippen MR) is 99.3 cm³/mol. The summed E-state index contributed by atoms with van der Waals surface area (Å²) >= 11 is 1.49. The van der Waals surface area contributed by atoms with Crippen LogP contribution in [0.1, 0.15) is 27.8 Å². The Bertz CT molecular complexity index is 989. The molecular weight excluding hydrogens is 366 g/mol. The maximum atomic E-state index is 11.1. The number of hydrogen-bond acceptors (Lipinski definition) is 6. The van der Waals surface area contributed by atoms with Crippen LogP contribution in [0.3, 0.4) is 0 Å². The number of ether oxygens (including phenoxy) is 2. The summed E-state index contributed by atoms with van der Waals surface area (Å²) in [7, 11) is 1.88. The molecule has 0 amide bonds. The Labute approximate surface area is 159 Å². The molecule has 0 radical (unpaired) electrons. The van der Waals surface area contributed by atoms with Gasteiger partial charge in [-0.3, -0.25) is 0 Å². The molecule has 27 heavy (non-hydrogen) atoms. The largest absolute Gasteiger partial charge is 0.485 e. The Morgan fingerprint density at radius 1 is 1.22 bits per heavy atom. The second-order valence-corrected chi connectivity index (χ2v) is 7.00. The van der Waals surface area contributed by atoms with E-state index in [0.29, 0.717) is 23.9 Å². The highest BCUT2D eigenvalue weighted by Gasteiger charge is 2.27. The molecule has 0 spiro atoms. The Kier molecular flexibility index (Phi) is 4.72. The molecule has 0 saturated carbocycles. The average molecular weight is 383 g/mol. The Balaban J connectivity index is 1.47. The van der Waals surface area contributed by atoms with Crippen LogP contribution in [0.5, 0.6) is 11.5 Å². The smallest absolute Gasteiger partial charge is 0.335 e. The lowest BCUT2D eigenvalue weighted by molar-refractivity contribution is 0.0696. The van der Waals surface area contributed by atoms with Gasteiger partial charge >= 0.3 is 5.97 Å². The van der Waals surface area contributed by atoms with Crippen molar-refractivity contribution in [3.05, 3.63) is 65.5 Å². The molecular formula is C19H17N3O4S. The molecule has 1 atom stereocenters. The maximum Gasteiger partial charge on any atom is 0.335 e. The number of nitrogens with zero attached hydrogens (tertiary/aromatic N) is 3. The molecule has 0 unspecified atom stereocenters. The van der Waals surface area contributed by atoms with Gasteiger partial charge in [0, 0.05) is 12.8 Å². The quantitative estimate of drug-likeness (QED) is 0.676. The van der Waals surface area contributed by atoms with Crippen molar-refractivity contribution in [2.75, 3.05) is 6.61 Å². The van der Waals surface area contributed by atoms with Crippen LogP contribution >= 0.6 is 11.8 Å². The van der Waals surface area contributed by atoms with Crippen molar-refractivity contribution in [1.82, 2.24) is 14.8 Å². The average Bonchev–Trinajstić information content (AvgIpc) is 3.06. The van der Waals surface area contributed by atoms with E-state index >= 15 is 0 Å². The lowest BCUT2D eigenvalue weighted by atomic mass is 10.1. The van der Waals surface area contributed by atoms with Gasteiger partial charge in [-0.05, 0) is 29.8 Å². The van der Waals surface area contributed by atoms with Crippen LogP contribution in [0.2, 0.25) is 0 Å². The van der Waals surface area contributed by atoms with E-state index in [1.165, 1.54) is 11.8 Å². The van der Waals surface area contributed by atoms with E-state index in [4.69, 9.17) is 14.6 Å². The van der Waals surface area contributed by atoms with Crippen LogP contribution < -0.4 is 9.47 Å². The van der Waals surface area contributed by atoms with Gasteiger partial charge in [0.15, 0.2) is 28.6 Å². The molecule has 4 rings (SSSR count). The van der Waals surface area contributed by atoms with Gasteiger partial charge in [0.25, 0.3) is 0 Å². The molecule has 1 N–H and O–H groups in total. The molecule has 2 heterocycles. The first kappa shape index (κ1) is 17.4. The van der Waals surface area contributed by atoms with E-state index in [1.807, 2.05) is 41.9 Å². The van der Waals surface area contributed by atoms with Gasteiger partial charge in [-0.1, -0.05) is 36.0 Å². The van der Waals surface area contributed by atoms with E-state index in [1.54, 1.807) is 18.2 Å². The predicted octanol–water partition coefficient (Wildman–Crippen LogP) is 3.32. The van der Waals surface area contributed by atoms with Gasteiger partial charge in [0.05, 0.1) is 5.56 Å². The van der Waals surface area contributed by atoms with Crippen LogP contribution in [0, 0.1) is 0 Å². The summed E-state index contributed by atoms with van der Waals surface area (Å²) in [6, 6.07) is 14.4. The van der Waals surface area contributed by atoms with Gasteiger partial charge in [-0.25, -0.2) is 4.79 Å². The number of benzene rings is 2. The van der Waals surface area contributed by atoms with Crippen molar-refractivity contribution in [1.29, 1.82) is 0 Å². The topological polar surface area (TPSA) is 86.5 Å². The number of carbonyl (C=O) groups is 1. The van der Waals surface area contributed by atoms with Gasteiger partial charge in [-0.15, -0.1) is 10.2 Å². The van der Waals surface area contributed by atoms with Gasteiger partial charge in [0.1, 0.15) is 6.61 Å². The number of rotatable bonds is 5. The van der Waals surface area contributed by atoms with Gasteiger partial charge < -0.3 is 19.1 Å². The second kappa shape index (κ2) is 7.32. The molecule has 2 aromatic carbocycles. The number of aromatic nitrogens is 3. The molecule has 1 aliphatic rings. The highest BCUT2D eigenvalue weighted by molar-refractivity contribution is 7.98. The summed E-state index contributed by atoms with van der Waals surface area (Å²) < 4.78 is 13.6. The highest BCUT2D eigenvalue weighted by Crippen LogP contribution is 2.36. The van der Waals surface area contributed by atoms with Crippen molar-refractivity contribution in [3.63, 3.8) is 0 Å². The fourth-order valence-corrected chi connectivity index (χ4v) is 3.68. The molecule has 0 saturated heterocycles. The number of carboxylic acids is 1. The highest BCUT2D eigenvalue weighted by atomic mass is 32.2. The summed E-state index contributed by atoms with van der Waals surface area (Å²) in [4.78, 5) is 11.1. The van der Waals surface area contributed by atoms with Crippen molar-refractivity contribution >= 4 is 17.7 Å². The van der Waals surface area contributed by atoms with Crippen molar-refractivity contribution < 1.29 is 19.4 Å². The first-order chi connectivity index (χ1) is 13.1. The summed E-state index contributed by atoms with van der Waals surface area (Å²) in [5.74, 6) is 1.77. The third kappa shape index (κ3) is 3.61. The summed E-state index contributed by atoms with van der Waals surface area (Å²) in [5, 5.41) is 18.3. The lowest BCUT2D eigenvalue weighted by Crippen LogP contribution is -2.24. The number of fused-ring (bicyclic) bond motifs is 1. The van der Waals surface area contributed by atoms with Crippen molar-refractivity contribution in [3.8, 4) is 11.5 Å². The number of para-hydroxylation sites is 2. The Morgan fingerprint density at radius 3 is 2.85 bits per heavy atom. The van der Waals surface area contributed by atoms with Crippen LogP contribution in [0.25, 0.3) is 0 Å². The number of hydrogen-bond donors (Lipinski definition) is 1. The zero-order chi connectivity index (χ0) is 18.8. The van der Waals surface area contributed by atoms with Gasteiger partial charge in [0.2, 0.25) is 0 Å². The molecule has 0 bridgehead atoms. The van der Waals surface area contributed by atoms with E-state index in [9.17, 15) is 4.79 Å². The van der Waals surface area contributed by atoms with E-state index in [0.717, 1.165) is 16.5 Å². The van der Waals surface area contributed by atoms with E-state index < -0.39 is 5.97 Å². The van der Waals surface area contributed by atoms with Crippen LogP contribution in [0.15, 0.2) is 53.7 Å². The lowest BCUT2D eigenvalue weighted by Gasteiger charge is -2.25. The second-order valence-electron chi connectivity index (χ2n) is 6.06. The van der Waals surface area contributed by atoms with Crippen LogP contribution in [-0.2, 0) is 12.8 Å². The fourth-order valence-electron chi connectivity index (χ4n) is 2.82. The minimum absolute atomic E-state index is 0.276. The minimum Gasteiger partial charge on any atom is -0.485 e. The number of aromatic carboxylic acids is 1. The molecule has 138 valence electrons. The molecule has 1 aromatic heterocycles. The van der Waals surface area contributed by atoms with Gasteiger partial charge in [-0.2, -0.15) is 0 Å². The van der Waals surface area contributed by atoms with Crippen LogP contribution in [-0.4, -0.2) is 32.4 Å². The Hall–Kier alpha value is -3.00. The zero-order valence-corrected chi connectivity index (χ0v) is 15.3. The third-order valence-electron chi connectivity index (χ3n) is 4.21. The summed E-state index contributed by atoms with van der Waals surface area (Å²) in [5.41, 5.74) is 1.19. The number of carboxylic acid groups (broad SMARTS) is 1. The van der Waals surface area contributed by atoms with E-state index in [2.05, 4.69) is 10.2 Å². The first-order valence-electron chi connectivity index (χ1n) is 8.34. The van der Waals surface area contributed by atoms with Crippen LogP contribution in [0.4, 0.5) is 0 Å². The third-order valence-corrected chi connectivity index (χ3v) is 5.30. The molecule has 3 aromatic rings. The standard InChI is InChI=1S/C19H17N3O4S/c1-22-17(16-10-25-14-7-2-3-8-15(14)26-16)20-21-19(22)27-11-12-5-4-6-13(9-12)18(23)24/h2-9,16H,10-11H2,1H3,(H,23,24)/t16-/m1/s1. The van der Waals surface area contributed by atoms with E-state index in [-0.39, 0.29) is 11.7 Å². The SMILES string of the molecule is Cn1c(SCc2cccc(C(=O)O)c2)nnc1[C@H]1COc2ccccc2O1. The minimum atomic E-state index is -0.933. The van der Waals surface area contributed by atoms with Crippen molar-refractivity contribution in [2.45, 2.75) is 17.0 Å². The zero-order valence-electron chi connectivity index (χ0n) is 14.5. The summed E-state index contributed by atoms with van der Waals surface area (Å²) in [6.45, 7) is 0.369. The fraction of sp³-hybridized carbons (Fsp3) is 0.211. The van der Waals surface area contributed by atoms with Crippen molar-refractivity contribution in [2.24, 2.45) is 7.05 Å². The molecule has 1 aliphatic heterocycles. The monoisotopic (exact) mass is 383 g/mol. The normalized spacial score (nSPS) is 15.5. The first-order valence-corrected chi connectivity index (χ1v) is 9.33. The molecule has 0 aliphatic carbocycles. The summed E-state index contributed by atoms with van der Waals surface area (Å²) in [6.07, 6.45) is -0.331. The molecule has 8 heteroatoms. The molecule has 0 fully saturated rings. The maximum absolute atomic E-state index is 11.1. The Morgan fingerprint density at radius 2 is 2.04 bits per heavy atom. The molecule has 7 nitrogen and oxygen atoms in total. The number of thioether (sulfide) groups is 1.